The molecule has 2 nitrogen and oxygen atoms in total. The molecule has 0 spiro atoms. The summed E-state index contributed by atoms with van der Waals surface area (Å²) in [5.74, 6) is 1.50. The van der Waals surface area contributed by atoms with Gasteiger partial charge in [-0.3, -0.25) is 4.68 Å². The Labute approximate surface area is 100 Å². The predicted molar refractivity (Wildman–Crippen MR) is 66.4 cm³/mol. The second-order valence-electron chi connectivity index (χ2n) is 4.62. The smallest absolute Gasteiger partial charge is 0.0524 e. The fourth-order valence-electron chi connectivity index (χ4n) is 2.48. The summed E-state index contributed by atoms with van der Waals surface area (Å²) < 4.78 is 2.03. The van der Waals surface area contributed by atoms with Crippen LogP contribution in [0.4, 0.5) is 0 Å². The minimum Gasteiger partial charge on any atom is -0.273 e. The molecule has 1 fully saturated rings. The number of nitrogens with zero attached hydrogens (tertiary/aromatic N) is 2. The lowest BCUT2D eigenvalue weighted by Crippen LogP contribution is -2.21. The molecule has 0 radical (unpaired) electrons. The van der Waals surface area contributed by atoms with Gasteiger partial charge in [-0.25, -0.2) is 0 Å². The van der Waals surface area contributed by atoms with Crippen molar-refractivity contribution in [2.75, 3.05) is 0 Å². The van der Waals surface area contributed by atoms with Crippen LogP contribution in [-0.2, 0) is 6.54 Å². The maximum Gasteiger partial charge on any atom is 0.0524 e. The highest BCUT2D eigenvalue weighted by Gasteiger charge is 2.28. The van der Waals surface area contributed by atoms with Gasteiger partial charge in [0.2, 0.25) is 0 Å². The molecule has 1 heterocycles. The first-order chi connectivity index (χ1) is 7.20. The van der Waals surface area contributed by atoms with Gasteiger partial charge in [0, 0.05) is 17.6 Å². The number of alkyl halides is 1. The number of aryl methyl sites for hydroxylation is 1. The third-order valence-electron chi connectivity index (χ3n) is 3.54. The van der Waals surface area contributed by atoms with Crippen molar-refractivity contribution in [2.24, 2.45) is 5.92 Å². The minimum atomic E-state index is 0.698. The molecule has 15 heavy (non-hydrogen) atoms. The van der Waals surface area contributed by atoms with E-state index in [0.717, 1.165) is 12.5 Å². The molecule has 1 aromatic heterocycles. The third kappa shape index (κ3) is 2.44. The zero-order chi connectivity index (χ0) is 10.8. The van der Waals surface area contributed by atoms with Crippen LogP contribution < -0.4 is 0 Å². The third-order valence-corrected chi connectivity index (χ3v) is 4.37. The molecule has 0 aromatic carbocycles. The van der Waals surface area contributed by atoms with Crippen molar-refractivity contribution in [3.05, 3.63) is 18.0 Å². The van der Waals surface area contributed by atoms with Gasteiger partial charge in [0.25, 0.3) is 0 Å². The molecule has 1 aromatic rings. The lowest BCUT2D eigenvalue weighted by atomic mass is 9.77. The Bertz CT molecular complexity index is 321. The first kappa shape index (κ1) is 11.2. The number of aromatic nitrogens is 2. The average molecular weight is 271 g/mol. The van der Waals surface area contributed by atoms with E-state index in [4.69, 9.17) is 0 Å². The highest BCUT2D eigenvalue weighted by atomic mass is 79.9. The van der Waals surface area contributed by atoms with Gasteiger partial charge in [0.1, 0.15) is 0 Å². The van der Waals surface area contributed by atoms with Gasteiger partial charge in [0.05, 0.1) is 6.20 Å². The second-order valence-corrected chi connectivity index (χ2v) is 5.92. The van der Waals surface area contributed by atoms with E-state index in [1.807, 2.05) is 4.68 Å². The Balaban J connectivity index is 2.13. The summed E-state index contributed by atoms with van der Waals surface area (Å²) in [6, 6.07) is 0. The standard InChI is InChI=1S/C12H19BrN2/c1-3-15-8-10(7-14-15)12-6-11(13)5-4-9(12)2/h7-9,11-12H,3-6H2,1-2H3. The van der Waals surface area contributed by atoms with Gasteiger partial charge >= 0.3 is 0 Å². The van der Waals surface area contributed by atoms with E-state index in [1.165, 1.54) is 24.8 Å². The number of halogens is 1. The number of hydrogen-bond acceptors (Lipinski definition) is 1. The Kier molecular flexibility index (Phi) is 3.49. The van der Waals surface area contributed by atoms with Crippen LogP contribution in [0.3, 0.4) is 0 Å². The van der Waals surface area contributed by atoms with Gasteiger partial charge in [-0.05, 0) is 43.6 Å². The Morgan fingerprint density at radius 1 is 1.53 bits per heavy atom. The van der Waals surface area contributed by atoms with Gasteiger partial charge in [0.15, 0.2) is 0 Å². The zero-order valence-corrected chi connectivity index (χ0v) is 11.1. The second kappa shape index (κ2) is 4.69. The van der Waals surface area contributed by atoms with Crippen LogP contribution in [0.25, 0.3) is 0 Å². The van der Waals surface area contributed by atoms with E-state index in [1.54, 1.807) is 0 Å². The minimum absolute atomic E-state index is 0.698. The van der Waals surface area contributed by atoms with E-state index >= 15 is 0 Å². The summed E-state index contributed by atoms with van der Waals surface area (Å²) >= 11 is 3.75. The van der Waals surface area contributed by atoms with Crippen LogP contribution in [0.5, 0.6) is 0 Å². The van der Waals surface area contributed by atoms with Crippen LogP contribution in [0, 0.1) is 5.92 Å². The lowest BCUT2D eigenvalue weighted by Gasteiger charge is -2.31. The molecule has 84 valence electrons. The highest BCUT2D eigenvalue weighted by Crippen LogP contribution is 2.39. The molecule has 0 amide bonds. The number of hydrogen-bond donors (Lipinski definition) is 0. The molecular formula is C12H19BrN2. The van der Waals surface area contributed by atoms with Crippen molar-refractivity contribution in [3.8, 4) is 0 Å². The molecule has 0 aliphatic heterocycles. The average Bonchev–Trinajstić information content (AvgIpc) is 2.70. The first-order valence-corrected chi connectivity index (χ1v) is 6.78. The van der Waals surface area contributed by atoms with Crippen LogP contribution in [0.2, 0.25) is 0 Å². The summed E-state index contributed by atoms with van der Waals surface area (Å²) in [5.41, 5.74) is 1.42. The van der Waals surface area contributed by atoms with Gasteiger partial charge < -0.3 is 0 Å². The molecule has 1 saturated carbocycles. The summed E-state index contributed by atoms with van der Waals surface area (Å²) in [7, 11) is 0. The molecule has 2 rings (SSSR count). The molecule has 1 aliphatic carbocycles. The Morgan fingerprint density at radius 2 is 2.33 bits per heavy atom. The van der Waals surface area contributed by atoms with Gasteiger partial charge in [-0.15, -0.1) is 0 Å². The van der Waals surface area contributed by atoms with Crippen molar-refractivity contribution in [2.45, 2.75) is 50.4 Å². The summed E-state index contributed by atoms with van der Waals surface area (Å²) in [4.78, 5) is 0.698. The molecule has 0 N–H and O–H groups in total. The Morgan fingerprint density at radius 3 is 3.00 bits per heavy atom. The zero-order valence-electron chi connectivity index (χ0n) is 9.49. The van der Waals surface area contributed by atoms with E-state index in [0.29, 0.717) is 10.7 Å². The monoisotopic (exact) mass is 270 g/mol. The number of rotatable bonds is 2. The van der Waals surface area contributed by atoms with E-state index in [9.17, 15) is 0 Å². The summed E-state index contributed by atoms with van der Waals surface area (Å²) in [5, 5.41) is 4.37. The van der Waals surface area contributed by atoms with Crippen LogP contribution >= 0.6 is 15.9 Å². The highest BCUT2D eigenvalue weighted by molar-refractivity contribution is 9.09. The molecule has 1 aliphatic rings. The summed E-state index contributed by atoms with van der Waals surface area (Å²) in [6.07, 6.45) is 8.18. The molecule has 3 heteroatoms. The molecule has 3 atom stereocenters. The maximum absolute atomic E-state index is 4.37. The van der Waals surface area contributed by atoms with E-state index in [-0.39, 0.29) is 0 Å². The largest absolute Gasteiger partial charge is 0.273 e. The normalized spacial score (nSPS) is 31.8. The van der Waals surface area contributed by atoms with E-state index in [2.05, 4.69) is 47.3 Å². The molecule has 0 saturated heterocycles. The van der Waals surface area contributed by atoms with Crippen LogP contribution in [0.15, 0.2) is 12.4 Å². The quantitative estimate of drug-likeness (QED) is 0.752. The first-order valence-electron chi connectivity index (χ1n) is 5.87. The van der Waals surface area contributed by atoms with Crippen molar-refractivity contribution in [1.29, 1.82) is 0 Å². The maximum atomic E-state index is 4.37. The van der Waals surface area contributed by atoms with Crippen molar-refractivity contribution in [3.63, 3.8) is 0 Å². The predicted octanol–water partition coefficient (Wildman–Crippen LogP) is 3.57. The van der Waals surface area contributed by atoms with E-state index < -0.39 is 0 Å². The lowest BCUT2D eigenvalue weighted by molar-refractivity contribution is 0.340. The van der Waals surface area contributed by atoms with Crippen molar-refractivity contribution in [1.82, 2.24) is 9.78 Å². The molecular weight excluding hydrogens is 252 g/mol. The van der Waals surface area contributed by atoms with Crippen molar-refractivity contribution >= 4 is 15.9 Å². The van der Waals surface area contributed by atoms with Crippen molar-refractivity contribution < 1.29 is 0 Å². The topological polar surface area (TPSA) is 17.8 Å². The Hall–Kier alpha value is -0.310. The fourth-order valence-corrected chi connectivity index (χ4v) is 3.15. The molecule has 3 unspecified atom stereocenters. The fraction of sp³-hybridized carbons (Fsp3) is 0.750. The molecule has 0 bridgehead atoms. The summed E-state index contributed by atoms with van der Waals surface area (Å²) in [6.45, 7) is 5.47. The van der Waals surface area contributed by atoms with Crippen LogP contribution in [0.1, 0.15) is 44.6 Å². The van der Waals surface area contributed by atoms with Gasteiger partial charge in [-0.2, -0.15) is 5.10 Å². The van der Waals surface area contributed by atoms with Crippen LogP contribution in [-0.4, -0.2) is 14.6 Å². The van der Waals surface area contributed by atoms with Gasteiger partial charge in [-0.1, -0.05) is 22.9 Å². The SMILES string of the molecule is CCn1cc(C2CC(Br)CCC2C)cn1.